The summed E-state index contributed by atoms with van der Waals surface area (Å²) < 4.78 is 0. The Kier molecular flexibility index (Phi) is 8.04. The minimum atomic E-state index is -0.293. The van der Waals surface area contributed by atoms with Crippen molar-refractivity contribution in [2.24, 2.45) is 0 Å². The van der Waals surface area contributed by atoms with Crippen molar-refractivity contribution in [3.63, 3.8) is 0 Å². The van der Waals surface area contributed by atoms with Gasteiger partial charge >= 0.3 is 0 Å². The van der Waals surface area contributed by atoms with Gasteiger partial charge in [0.1, 0.15) is 0 Å². The Bertz CT molecular complexity index is 83.8. The van der Waals surface area contributed by atoms with Gasteiger partial charge in [-0.2, -0.15) is 0 Å². The first-order valence-electron chi connectivity index (χ1n) is 5.04. The largest absolute Gasteiger partial charge is 0.392 e. The molecule has 0 fully saturated rings. The number of unbranched alkanes of at least 4 members (excludes halogenated alkanes) is 2. The Morgan fingerprint density at radius 2 is 1.58 bits per heavy atom. The molecule has 74 valence electrons. The first-order chi connectivity index (χ1) is 5.72. The van der Waals surface area contributed by atoms with Crippen molar-refractivity contribution in [2.75, 3.05) is 0 Å². The van der Waals surface area contributed by atoms with E-state index in [9.17, 15) is 5.11 Å². The molecule has 0 saturated carbocycles. The summed E-state index contributed by atoms with van der Waals surface area (Å²) in [7, 11) is 0. The molecule has 0 aromatic rings. The monoisotopic (exact) mass is 192 g/mol. The van der Waals surface area contributed by atoms with E-state index in [1.165, 1.54) is 0 Å². The SMILES string of the molecule is CCCCC(O)C(Cl)CCCC. The standard InChI is InChI=1S/C10H21ClO/c1-3-5-7-9(11)10(12)8-6-4-2/h9-10,12H,3-8H2,1-2H3. The maximum absolute atomic E-state index is 9.54. The summed E-state index contributed by atoms with van der Waals surface area (Å²) in [6, 6.07) is 0. The van der Waals surface area contributed by atoms with Crippen LogP contribution >= 0.6 is 11.6 Å². The van der Waals surface area contributed by atoms with Crippen molar-refractivity contribution in [1.82, 2.24) is 0 Å². The highest BCUT2D eigenvalue weighted by molar-refractivity contribution is 6.21. The van der Waals surface area contributed by atoms with Crippen LogP contribution in [0.1, 0.15) is 52.4 Å². The summed E-state index contributed by atoms with van der Waals surface area (Å²) in [6.07, 6.45) is 6.00. The van der Waals surface area contributed by atoms with Crippen LogP contribution in [0.3, 0.4) is 0 Å². The smallest absolute Gasteiger partial charge is 0.0703 e. The Labute approximate surface area is 81.1 Å². The van der Waals surface area contributed by atoms with Crippen molar-refractivity contribution >= 4 is 11.6 Å². The molecule has 2 atom stereocenters. The van der Waals surface area contributed by atoms with Crippen LogP contribution in [0.25, 0.3) is 0 Å². The predicted molar refractivity (Wildman–Crippen MR) is 54.7 cm³/mol. The van der Waals surface area contributed by atoms with E-state index in [-0.39, 0.29) is 11.5 Å². The molecular weight excluding hydrogens is 172 g/mol. The number of aliphatic hydroxyl groups is 1. The molecule has 2 unspecified atom stereocenters. The van der Waals surface area contributed by atoms with E-state index < -0.39 is 0 Å². The molecule has 0 amide bonds. The summed E-state index contributed by atoms with van der Waals surface area (Å²) in [5.74, 6) is 0. The Morgan fingerprint density at radius 1 is 1.08 bits per heavy atom. The van der Waals surface area contributed by atoms with E-state index >= 15 is 0 Å². The molecule has 2 heteroatoms. The van der Waals surface area contributed by atoms with Gasteiger partial charge < -0.3 is 5.11 Å². The van der Waals surface area contributed by atoms with Crippen molar-refractivity contribution in [3.8, 4) is 0 Å². The molecule has 0 aromatic heterocycles. The van der Waals surface area contributed by atoms with Gasteiger partial charge in [-0.3, -0.25) is 0 Å². The van der Waals surface area contributed by atoms with Gasteiger partial charge in [-0.25, -0.2) is 0 Å². The molecule has 0 aliphatic carbocycles. The number of aliphatic hydroxyl groups excluding tert-OH is 1. The predicted octanol–water partition coefficient (Wildman–Crippen LogP) is 3.34. The number of halogens is 1. The molecule has 0 bridgehead atoms. The molecule has 0 heterocycles. The molecule has 0 aromatic carbocycles. The van der Waals surface area contributed by atoms with Crippen LogP contribution in [-0.4, -0.2) is 16.6 Å². The third kappa shape index (κ3) is 5.84. The highest BCUT2D eigenvalue weighted by Gasteiger charge is 2.14. The van der Waals surface area contributed by atoms with Gasteiger partial charge in [0.2, 0.25) is 0 Å². The molecule has 0 aliphatic rings. The van der Waals surface area contributed by atoms with Gasteiger partial charge in [-0.15, -0.1) is 11.6 Å². The van der Waals surface area contributed by atoms with E-state index in [0.717, 1.165) is 38.5 Å². The van der Waals surface area contributed by atoms with Crippen molar-refractivity contribution in [2.45, 2.75) is 63.9 Å². The van der Waals surface area contributed by atoms with Gasteiger partial charge in [0.25, 0.3) is 0 Å². The van der Waals surface area contributed by atoms with E-state index in [1.807, 2.05) is 0 Å². The van der Waals surface area contributed by atoms with Crippen molar-refractivity contribution in [1.29, 1.82) is 0 Å². The minimum Gasteiger partial charge on any atom is -0.392 e. The quantitative estimate of drug-likeness (QED) is 0.614. The number of rotatable bonds is 7. The summed E-state index contributed by atoms with van der Waals surface area (Å²) in [6.45, 7) is 4.27. The van der Waals surface area contributed by atoms with Crippen LogP contribution in [0.5, 0.6) is 0 Å². The molecule has 0 aliphatic heterocycles. The molecule has 0 rings (SSSR count). The fourth-order valence-electron chi connectivity index (χ4n) is 1.19. The fourth-order valence-corrected chi connectivity index (χ4v) is 1.47. The normalized spacial score (nSPS) is 16.0. The minimum absolute atomic E-state index is 0.0310. The number of hydrogen-bond acceptors (Lipinski definition) is 1. The van der Waals surface area contributed by atoms with Crippen LogP contribution in [0.2, 0.25) is 0 Å². The second-order valence-corrected chi connectivity index (χ2v) is 3.93. The molecule has 1 N–H and O–H groups in total. The van der Waals surface area contributed by atoms with Crippen molar-refractivity contribution < 1.29 is 5.11 Å². The summed E-state index contributed by atoms with van der Waals surface area (Å²) in [5, 5.41) is 9.51. The Hall–Kier alpha value is 0.250. The van der Waals surface area contributed by atoms with Gasteiger partial charge in [-0.05, 0) is 12.8 Å². The lowest BCUT2D eigenvalue weighted by Gasteiger charge is -2.15. The molecule has 12 heavy (non-hydrogen) atoms. The lowest BCUT2D eigenvalue weighted by Crippen LogP contribution is -2.20. The third-order valence-electron chi connectivity index (χ3n) is 2.10. The molecule has 0 saturated heterocycles. The van der Waals surface area contributed by atoms with Crippen LogP contribution in [0.15, 0.2) is 0 Å². The third-order valence-corrected chi connectivity index (χ3v) is 2.61. The topological polar surface area (TPSA) is 20.2 Å². The van der Waals surface area contributed by atoms with Crippen LogP contribution in [0.4, 0.5) is 0 Å². The second-order valence-electron chi connectivity index (χ2n) is 3.37. The summed E-state index contributed by atoms with van der Waals surface area (Å²) >= 11 is 6.00. The zero-order valence-corrected chi connectivity index (χ0v) is 8.98. The van der Waals surface area contributed by atoms with Crippen LogP contribution < -0.4 is 0 Å². The zero-order valence-electron chi connectivity index (χ0n) is 8.22. The van der Waals surface area contributed by atoms with Gasteiger partial charge in [-0.1, -0.05) is 39.5 Å². The summed E-state index contributed by atoms with van der Waals surface area (Å²) in [4.78, 5) is 0. The molecule has 1 nitrogen and oxygen atoms in total. The second kappa shape index (κ2) is 7.88. The van der Waals surface area contributed by atoms with Gasteiger partial charge in [0.05, 0.1) is 11.5 Å². The van der Waals surface area contributed by atoms with Crippen molar-refractivity contribution in [3.05, 3.63) is 0 Å². The summed E-state index contributed by atoms with van der Waals surface area (Å²) in [5.41, 5.74) is 0. The average molecular weight is 193 g/mol. The molecule has 0 radical (unpaired) electrons. The lowest BCUT2D eigenvalue weighted by atomic mass is 10.1. The van der Waals surface area contributed by atoms with E-state index in [4.69, 9.17) is 11.6 Å². The van der Waals surface area contributed by atoms with Gasteiger partial charge in [0.15, 0.2) is 0 Å². The number of hydrogen-bond donors (Lipinski definition) is 1. The highest BCUT2D eigenvalue weighted by Crippen LogP contribution is 2.15. The average Bonchev–Trinajstić information content (AvgIpc) is 2.10. The first-order valence-corrected chi connectivity index (χ1v) is 5.48. The maximum Gasteiger partial charge on any atom is 0.0703 e. The van der Waals surface area contributed by atoms with E-state index in [2.05, 4.69) is 13.8 Å². The zero-order chi connectivity index (χ0) is 9.40. The highest BCUT2D eigenvalue weighted by atomic mass is 35.5. The lowest BCUT2D eigenvalue weighted by molar-refractivity contribution is 0.152. The van der Waals surface area contributed by atoms with Gasteiger partial charge in [0, 0.05) is 0 Å². The maximum atomic E-state index is 9.54. The van der Waals surface area contributed by atoms with E-state index in [0.29, 0.717) is 0 Å². The van der Waals surface area contributed by atoms with Crippen LogP contribution in [0, 0.1) is 0 Å². The first kappa shape index (κ1) is 12.2. The Balaban J connectivity index is 3.39. The molecule has 0 spiro atoms. The van der Waals surface area contributed by atoms with Crippen LogP contribution in [-0.2, 0) is 0 Å². The fraction of sp³-hybridized carbons (Fsp3) is 1.00. The Morgan fingerprint density at radius 3 is 2.08 bits per heavy atom. The van der Waals surface area contributed by atoms with E-state index in [1.54, 1.807) is 0 Å². The number of alkyl halides is 1. The molecular formula is C10H21ClO.